The Kier molecular flexibility index (Phi) is 6.07. The molecule has 1 saturated heterocycles. The number of carboxylic acids is 1. The van der Waals surface area contributed by atoms with Gasteiger partial charge in [-0.05, 0) is 31.0 Å². The van der Waals surface area contributed by atoms with Crippen molar-refractivity contribution in [1.29, 1.82) is 0 Å². The van der Waals surface area contributed by atoms with Gasteiger partial charge in [-0.3, -0.25) is 14.9 Å². The predicted octanol–water partition coefficient (Wildman–Crippen LogP) is 4.76. The van der Waals surface area contributed by atoms with Crippen LogP contribution in [0, 0.1) is 15.5 Å². The van der Waals surface area contributed by atoms with E-state index in [0.29, 0.717) is 5.56 Å². The first-order valence-corrected chi connectivity index (χ1v) is 9.70. The number of likely N-dealkylation sites (tertiary alicyclic amines) is 1. The normalized spacial score (nSPS) is 25.3. The number of amides is 1. The molecule has 0 bridgehead atoms. The number of carbonyl (C=O) groups is 2. The average Bonchev–Trinajstić information content (AvgIpc) is 2.72. The summed E-state index contributed by atoms with van der Waals surface area (Å²) in [4.78, 5) is 34.9. The number of ether oxygens (including phenoxy) is 1. The van der Waals surface area contributed by atoms with E-state index < -0.39 is 44.9 Å². The highest BCUT2D eigenvalue weighted by Gasteiger charge is 2.56. The van der Waals surface area contributed by atoms with Crippen LogP contribution < -0.4 is 9.22 Å². The Morgan fingerprint density at radius 1 is 1.12 bits per heavy atom. The van der Waals surface area contributed by atoms with Gasteiger partial charge >= 0.3 is 18.4 Å². The fourth-order valence-electron chi connectivity index (χ4n) is 4.34. The van der Waals surface area contributed by atoms with Gasteiger partial charge in [0, 0.05) is 30.2 Å². The number of quaternary nitrogens is 1. The zero-order valence-electron chi connectivity index (χ0n) is 17.3. The van der Waals surface area contributed by atoms with Crippen LogP contribution in [0.15, 0.2) is 48.5 Å². The average molecular weight is 469 g/mol. The van der Waals surface area contributed by atoms with E-state index in [0.717, 1.165) is 24.3 Å². The van der Waals surface area contributed by atoms with Crippen LogP contribution in [-0.4, -0.2) is 46.7 Å². The van der Waals surface area contributed by atoms with Crippen molar-refractivity contribution in [1.82, 2.24) is 4.48 Å². The monoisotopic (exact) mass is 469 g/mol. The Balaban J connectivity index is 2.05. The van der Waals surface area contributed by atoms with Gasteiger partial charge in [0.05, 0.1) is 4.92 Å². The van der Waals surface area contributed by atoms with Crippen molar-refractivity contribution in [2.24, 2.45) is 5.41 Å². The summed E-state index contributed by atoms with van der Waals surface area (Å²) in [6.07, 6.45) is -6.18. The molecule has 0 aromatic heterocycles. The van der Waals surface area contributed by atoms with Crippen molar-refractivity contribution in [3.8, 4) is 5.75 Å². The maximum Gasteiger partial charge on any atom is 0.573 e. The predicted molar refractivity (Wildman–Crippen MR) is 109 cm³/mol. The van der Waals surface area contributed by atoms with Gasteiger partial charge in [0.1, 0.15) is 29.9 Å². The summed E-state index contributed by atoms with van der Waals surface area (Å²) in [6, 6.07) is 9.67. The number of rotatable bonds is 5. The van der Waals surface area contributed by atoms with E-state index in [9.17, 15) is 43.1 Å². The van der Waals surface area contributed by atoms with E-state index in [4.69, 9.17) is 0 Å². The first kappa shape index (κ1) is 24.0. The van der Waals surface area contributed by atoms with E-state index in [1.54, 1.807) is 0 Å². The molecule has 0 radical (unpaired) electrons. The van der Waals surface area contributed by atoms with Crippen molar-refractivity contribution >= 4 is 23.4 Å². The van der Waals surface area contributed by atoms with Crippen molar-refractivity contribution in [2.75, 3.05) is 13.1 Å². The van der Waals surface area contributed by atoms with Gasteiger partial charge in [-0.2, -0.15) is 9.28 Å². The molecule has 9 nitrogen and oxygen atoms in total. The molecule has 2 aromatic rings. The first-order valence-electron chi connectivity index (χ1n) is 9.70. The summed E-state index contributed by atoms with van der Waals surface area (Å²) in [7, 11) is 0. The third-order valence-corrected chi connectivity index (χ3v) is 5.87. The SMILES string of the molecule is CC1(C(=O)O)CC(c2ccc(OC(F)(F)F)cc2)C[N+](C(=O)O)(c2ccc([N+](=O)[O-])cc2)C1. The Bertz CT molecular complexity index is 1070. The second kappa shape index (κ2) is 8.35. The van der Waals surface area contributed by atoms with Crippen LogP contribution in [0.25, 0.3) is 0 Å². The number of nitrogens with zero attached hydrogens (tertiary/aromatic N) is 2. The number of aliphatic carboxylic acids is 1. The summed E-state index contributed by atoms with van der Waals surface area (Å²) in [5.41, 5.74) is -1.15. The van der Waals surface area contributed by atoms with Crippen molar-refractivity contribution < 1.29 is 42.6 Å². The van der Waals surface area contributed by atoms with Crippen LogP contribution in [0.1, 0.15) is 24.8 Å². The minimum atomic E-state index is -4.88. The number of non-ortho nitro benzene ring substituents is 1. The van der Waals surface area contributed by atoms with Crippen LogP contribution in [-0.2, 0) is 4.79 Å². The lowest BCUT2D eigenvalue weighted by Gasteiger charge is -2.45. The molecule has 176 valence electrons. The number of carboxylic acid groups (broad SMARTS) is 2. The number of hydrogen-bond donors (Lipinski definition) is 2. The summed E-state index contributed by atoms with van der Waals surface area (Å²) >= 11 is 0. The van der Waals surface area contributed by atoms with Gasteiger partial charge in [-0.25, -0.2) is 0 Å². The highest BCUT2D eigenvalue weighted by molar-refractivity contribution is 5.84. The lowest BCUT2D eigenvalue weighted by atomic mass is 9.73. The molecule has 3 atom stereocenters. The third-order valence-electron chi connectivity index (χ3n) is 5.87. The lowest BCUT2D eigenvalue weighted by Crippen LogP contribution is -2.65. The topological polar surface area (TPSA) is 127 Å². The van der Waals surface area contributed by atoms with E-state index in [1.807, 2.05) is 0 Å². The van der Waals surface area contributed by atoms with Gasteiger partial charge in [-0.1, -0.05) is 12.1 Å². The van der Waals surface area contributed by atoms with Gasteiger partial charge in [0.15, 0.2) is 0 Å². The zero-order valence-corrected chi connectivity index (χ0v) is 17.3. The van der Waals surface area contributed by atoms with Crippen LogP contribution in [0.3, 0.4) is 0 Å². The van der Waals surface area contributed by atoms with E-state index in [-0.39, 0.29) is 30.9 Å². The van der Waals surface area contributed by atoms with E-state index in [2.05, 4.69) is 4.74 Å². The largest absolute Gasteiger partial charge is 0.573 e. The molecule has 2 N–H and O–H groups in total. The number of halogens is 3. The van der Waals surface area contributed by atoms with Crippen LogP contribution >= 0.6 is 0 Å². The van der Waals surface area contributed by atoms with Crippen molar-refractivity contribution in [2.45, 2.75) is 25.6 Å². The number of piperidine rings is 1. The molecule has 12 heteroatoms. The van der Waals surface area contributed by atoms with Crippen LogP contribution in [0.4, 0.5) is 29.3 Å². The standard InChI is InChI=1S/C21H19F3N2O7/c1-20(18(27)28)10-14(13-2-8-17(9-3-13)33-21(22,23)24)11-26(12-20,19(29)30)16-6-4-15(5-7-16)25(31)32/h2-9,14H,10-12H2,1H3,(H-,27,28,29,30)/p+1. The van der Waals surface area contributed by atoms with E-state index >= 15 is 0 Å². The highest BCUT2D eigenvalue weighted by atomic mass is 19.4. The van der Waals surface area contributed by atoms with Crippen molar-refractivity contribution in [3.63, 3.8) is 0 Å². The Morgan fingerprint density at radius 3 is 2.15 bits per heavy atom. The van der Waals surface area contributed by atoms with Gasteiger partial charge in [0.2, 0.25) is 0 Å². The molecule has 0 aliphatic carbocycles. The Morgan fingerprint density at radius 2 is 1.70 bits per heavy atom. The quantitative estimate of drug-likeness (QED) is 0.367. The highest BCUT2D eigenvalue weighted by Crippen LogP contribution is 2.45. The van der Waals surface area contributed by atoms with Gasteiger partial charge in [0.25, 0.3) is 5.69 Å². The molecule has 2 aromatic carbocycles. The van der Waals surface area contributed by atoms with Gasteiger partial charge in [-0.15, -0.1) is 13.2 Å². The molecule has 33 heavy (non-hydrogen) atoms. The molecular weight excluding hydrogens is 449 g/mol. The molecule has 1 aliphatic heterocycles. The number of alkyl halides is 3. The maximum atomic E-state index is 12.5. The molecular formula is C21H20F3N2O7+. The minimum absolute atomic E-state index is 0.0437. The number of nitro benzene ring substituents is 1. The van der Waals surface area contributed by atoms with Crippen molar-refractivity contribution in [3.05, 3.63) is 64.2 Å². The van der Waals surface area contributed by atoms with Crippen LogP contribution in [0.5, 0.6) is 5.75 Å². The minimum Gasteiger partial charge on any atom is -0.481 e. The number of nitro groups is 1. The summed E-state index contributed by atoms with van der Waals surface area (Å²) in [6.45, 7) is 0.987. The summed E-state index contributed by atoms with van der Waals surface area (Å²) < 4.78 is 40.4. The number of hydrogen-bond acceptors (Lipinski definition) is 5. The summed E-state index contributed by atoms with van der Waals surface area (Å²) in [5.74, 6) is -2.33. The third kappa shape index (κ3) is 4.90. The molecule has 1 amide bonds. The second-order valence-corrected chi connectivity index (χ2v) is 8.25. The molecule has 1 fully saturated rings. The van der Waals surface area contributed by atoms with Crippen LogP contribution in [0.2, 0.25) is 0 Å². The molecule has 0 spiro atoms. The zero-order chi connectivity index (χ0) is 24.6. The molecule has 3 unspecified atom stereocenters. The smallest absolute Gasteiger partial charge is 0.481 e. The second-order valence-electron chi connectivity index (χ2n) is 8.25. The summed E-state index contributed by atoms with van der Waals surface area (Å²) in [5, 5.41) is 31.0. The maximum absolute atomic E-state index is 12.5. The fraction of sp³-hybridized carbons (Fsp3) is 0.333. The Labute approximate surface area is 185 Å². The Hall–Kier alpha value is -3.67. The van der Waals surface area contributed by atoms with Gasteiger partial charge < -0.3 is 14.9 Å². The van der Waals surface area contributed by atoms with E-state index in [1.165, 1.54) is 31.2 Å². The molecule has 1 heterocycles. The first-order chi connectivity index (χ1) is 15.3. The fourth-order valence-corrected chi connectivity index (χ4v) is 4.34. The molecule has 1 aliphatic rings. The number of benzene rings is 2. The molecule has 3 rings (SSSR count). The molecule has 0 saturated carbocycles. The lowest BCUT2D eigenvalue weighted by molar-refractivity contribution is -0.384.